The van der Waals surface area contributed by atoms with Crippen molar-refractivity contribution in [3.05, 3.63) is 71.6 Å². The van der Waals surface area contributed by atoms with Crippen LogP contribution in [-0.2, 0) is 6.61 Å². The summed E-state index contributed by atoms with van der Waals surface area (Å²) < 4.78 is 40.2. The summed E-state index contributed by atoms with van der Waals surface area (Å²) in [4.78, 5) is 12.6. The molecule has 0 aliphatic heterocycles. The number of aryl methyl sites for hydroxylation is 1. The van der Waals surface area contributed by atoms with Crippen LogP contribution in [0.15, 0.2) is 59.1 Å². The molecule has 0 saturated carbocycles. The van der Waals surface area contributed by atoms with E-state index in [1.807, 2.05) is 18.2 Å². The Labute approximate surface area is 153 Å². The van der Waals surface area contributed by atoms with Gasteiger partial charge in [-0.25, -0.2) is 0 Å². The van der Waals surface area contributed by atoms with Gasteiger partial charge in [-0.2, -0.15) is 8.78 Å². The molecule has 0 atom stereocenters. The van der Waals surface area contributed by atoms with Crippen LogP contribution in [0.1, 0.15) is 21.8 Å². The number of para-hydroxylation sites is 3. The molecule has 0 unspecified atom stereocenters. The molecule has 0 aliphatic carbocycles. The Balaban J connectivity index is 1.76. The molecule has 8 heteroatoms. The van der Waals surface area contributed by atoms with Crippen molar-refractivity contribution in [1.29, 1.82) is 0 Å². The molecular formula is C19H16F2N2O4. The van der Waals surface area contributed by atoms with E-state index >= 15 is 0 Å². The summed E-state index contributed by atoms with van der Waals surface area (Å²) in [6.07, 6.45) is 0. The number of halogens is 2. The number of nitrogens with zero attached hydrogens (tertiary/aromatic N) is 1. The lowest BCUT2D eigenvalue weighted by Gasteiger charge is -2.11. The maximum atomic E-state index is 12.6. The average Bonchev–Trinajstić information content (AvgIpc) is 3.03. The molecule has 1 aromatic heterocycles. The van der Waals surface area contributed by atoms with Crippen molar-refractivity contribution in [2.45, 2.75) is 20.1 Å². The van der Waals surface area contributed by atoms with Crippen molar-refractivity contribution >= 4 is 11.6 Å². The molecule has 0 aliphatic rings. The molecule has 0 saturated heterocycles. The fourth-order valence-corrected chi connectivity index (χ4v) is 2.36. The second kappa shape index (κ2) is 8.31. The van der Waals surface area contributed by atoms with Crippen molar-refractivity contribution in [3.8, 4) is 11.5 Å². The van der Waals surface area contributed by atoms with Gasteiger partial charge < -0.3 is 19.3 Å². The first-order chi connectivity index (χ1) is 13.0. The van der Waals surface area contributed by atoms with Crippen molar-refractivity contribution in [1.82, 2.24) is 5.16 Å². The summed E-state index contributed by atoms with van der Waals surface area (Å²) >= 11 is 0. The van der Waals surface area contributed by atoms with Crippen molar-refractivity contribution in [2.75, 3.05) is 5.32 Å². The fourth-order valence-electron chi connectivity index (χ4n) is 2.36. The molecular weight excluding hydrogens is 358 g/mol. The quantitative estimate of drug-likeness (QED) is 0.663. The van der Waals surface area contributed by atoms with E-state index in [0.29, 0.717) is 17.1 Å². The van der Waals surface area contributed by atoms with E-state index < -0.39 is 12.5 Å². The second-order valence-corrected chi connectivity index (χ2v) is 5.50. The highest BCUT2D eigenvalue weighted by atomic mass is 19.3. The molecule has 0 spiro atoms. The number of aromatic nitrogens is 1. The van der Waals surface area contributed by atoms with Crippen LogP contribution in [0.5, 0.6) is 11.5 Å². The molecule has 140 valence electrons. The maximum absolute atomic E-state index is 12.6. The SMILES string of the molecule is Cc1onc(C(=O)Nc2ccccc2OC(F)F)c1COc1ccccc1. The van der Waals surface area contributed by atoms with Crippen molar-refractivity contribution in [3.63, 3.8) is 0 Å². The molecule has 3 aromatic rings. The maximum Gasteiger partial charge on any atom is 0.387 e. The van der Waals surface area contributed by atoms with E-state index in [1.54, 1.807) is 25.1 Å². The molecule has 1 heterocycles. The third-order valence-electron chi connectivity index (χ3n) is 3.68. The van der Waals surface area contributed by atoms with E-state index in [0.717, 1.165) is 0 Å². The predicted octanol–water partition coefficient (Wildman–Crippen LogP) is 4.42. The van der Waals surface area contributed by atoms with Crippen LogP contribution in [-0.4, -0.2) is 17.7 Å². The highest BCUT2D eigenvalue weighted by molar-refractivity contribution is 6.04. The number of benzene rings is 2. The van der Waals surface area contributed by atoms with E-state index in [4.69, 9.17) is 9.26 Å². The zero-order valence-electron chi connectivity index (χ0n) is 14.3. The van der Waals surface area contributed by atoms with Crippen LogP contribution in [0, 0.1) is 6.92 Å². The second-order valence-electron chi connectivity index (χ2n) is 5.50. The number of carbonyl (C=O) groups is 1. The number of carbonyl (C=O) groups excluding carboxylic acids is 1. The number of nitrogens with one attached hydrogen (secondary N) is 1. The summed E-state index contributed by atoms with van der Waals surface area (Å²) in [5.74, 6) is 0.278. The highest BCUT2D eigenvalue weighted by Crippen LogP contribution is 2.27. The molecule has 6 nitrogen and oxygen atoms in total. The van der Waals surface area contributed by atoms with Gasteiger partial charge in [0.15, 0.2) is 5.69 Å². The van der Waals surface area contributed by atoms with Crippen molar-refractivity contribution in [2.24, 2.45) is 0 Å². The highest BCUT2D eigenvalue weighted by Gasteiger charge is 2.22. The number of anilines is 1. The van der Waals surface area contributed by atoms with Gasteiger partial charge in [0.05, 0.1) is 11.3 Å². The predicted molar refractivity (Wildman–Crippen MR) is 93.0 cm³/mol. The lowest BCUT2D eigenvalue weighted by atomic mass is 10.2. The van der Waals surface area contributed by atoms with E-state index in [1.165, 1.54) is 18.2 Å². The first-order valence-electron chi connectivity index (χ1n) is 8.03. The lowest BCUT2D eigenvalue weighted by molar-refractivity contribution is -0.0493. The number of hydrogen-bond acceptors (Lipinski definition) is 5. The monoisotopic (exact) mass is 374 g/mol. The third kappa shape index (κ3) is 4.60. The number of rotatable bonds is 7. The molecule has 3 rings (SSSR count). The van der Waals surface area contributed by atoms with Gasteiger partial charge in [-0.05, 0) is 31.2 Å². The van der Waals surface area contributed by atoms with Crippen LogP contribution in [0.2, 0.25) is 0 Å². The normalized spacial score (nSPS) is 10.7. The van der Waals surface area contributed by atoms with Crippen LogP contribution >= 0.6 is 0 Å². The van der Waals surface area contributed by atoms with Gasteiger partial charge in [0, 0.05) is 0 Å². The minimum atomic E-state index is -3.01. The van der Waals surface area contributed by atoms with Gasteiger partial charge in [0.1, 0.15) is 23.9 Å². The average molecular weight is 374 g/mol. The summed E-state index contributed by atoms with van der Waals surface area (Å²) in [5.41, 5.74) is 0.567. The van der Waals surface area contributed by atoms with Crippen LogP contribution in [0.3, 0.4) is 0 Å². The summed E-state index contributed by atoms with van der Waals surface area (Å²) in [7, 11) is 0. The first kappa shape index (κ1) is 18.4. The largest absolute Gasteiger partial charge is 0.489 e. The molecule has 1 amide bonds. The van der Waals surface area contributed by atoms with Crippen molar-refractivity contribution < 1.29 is 27.6 Å². The smallest absolute Gasteiger partial charge is 0.387 e. The van der Waals surface area contributed by atoms with Crippen LogP contribution in [0.25, 0.3) is 0 Å². The Kier molecular flexibility index (Phi) is 5.65. The number of hydrogen-bond donors (Lipinski definition) is 1. The summed E-state index contributed by atoms with van der Waals surface area (Å²) in [5, 5.41) is 6.27. The Bertz CT molecular complexity index is 913. The molecule has 0 bridgehead atoms. The van der Waals surface area contributed by atoms with Gasteiger partial charge in [-0.1, -0.05) is 35.5 Å². The Morgan fingerprint density at radius 1 is 1.15 bits per heavy atom. The van der Waals surface area contributed by atoms with Gasteiger partial charge in [-0.15, -0.1) is 0 Å². The summed E-state index contributed by atoms with van der Waals surface area (Å²) in [6, 6.07) is 14.9. The molecule has 0 fully saturated rings. The number of alkyl halides is 2. The van der Waals surface area contributed by atoms with E-state index in [-0.39, 0.29) is 23.7 Å². The number of ether oxygens (including phenoxy) is 2. The topological polar surface area (TPSA) is 73.6 Å². The van der Waals surface area contributed by atoms with Crippen LogP contribution in [0.4, 0.5) is 14.5 Å². The zero-order chi connectivity index (χ0) is 19.2. The molecule has 2 aromatic carbocycles. The Hall–Kier alpha value is -3.42. The molecule has 1 N–H and O–H groups in total. The fraction of sp³-hybridized carbons (Fsp3) is 0.158. The van der Waals surface area contributed by atoms with E-state index in [2.05, 4.69) is 15.2 Å². The van der Waals surface area contributed by atoms with Gasteiger partial charge in [0.25, 0.3) is 5.91 Å². The standard InChI is InChI=1S/C19H16F2N2O4/c1-12-14(11-25-13-7-3-2-4-8-13)17(23-27-12)18(24)22-15-9-5-6-10-16(15)26-19(20)21/h2-10,19H,11H2,1H3,(H,22,24). The third-order valence-corrected chi connectivity index (χ3v) is 3.68. The summed E-state index contributed by atoms with van der Waals surface area (Å²) in [6.45, 7) is -1.29. The minimum absolute atomic E-state index is 0.00952. The lowest BCUT2D eigenvalue weighted by Crippen LogP contribution is -2.16. The number of amides is 1. The zero-order valence-corrected chi connectivity index (χ0v) is 14.3. The molecule has 0 radical (unpaired) electrons. The van der Waals surface area contributed by atoms with Gasteiger partial charge in [-0.3, -0.25) is 4.79 Å². The van der Waals surface area contributed by atoms with Gasteiger partial charge in [0.2, 0.25) is 0 Å². The van der Waals surface area contributed by atoms with Gasteiger partial charge >= 0.3 is 6.61 Å². The van der Waals surface area contributed by atoms with Crippen LogP contribution < -0.4 is 14.8 Å². The first-order valence-corrected chi connectivity index (χ1v) is 8.03. The Morgan fingerprint density at radius 2 is 1.85 bits per heavy atom. The molecule has 27 heavy (non-hydrogen) atoms. The Morgan fingerprint density at radius 3 is 2.59 bits per heavy atom. The minimum Gasteiger partial charge on any atom is -0.489 e. The van der Waals surface area contributed by atoms with E-state index in [9.17, 15) is 13.6 Å².